The summed E-state index contributed by atoms with van der Waals surface area (Å²) in [6.45, 7) is 4.22. The lowest BCUT2D eigenvalue weighted by molar-refractivity contribution is -0.384. The number of allylic oxidation sites excluding steroid dienone is 1. The highest BCUT2D eigenvalue weighted by Crippen LogP contribution is 2.27. The van der Waals surface area contributed by atoms with Gasteiger partial charge >= 0.3 is 0 Å². The van der Waals surface area contributed by atoms with Gasteiger partial charge in [0.1, 0.15) is 0 Å². The third kappa shape index (κ3) is 3.74. The molecule has 2 heterocycles. The predicted molar refractivity (Wildman–Crippen MR) is 116 cm³/mol. The van der Waals surface area contributed by atoms with Gasteiger partial charge in [0.25, 0.3) is 5.69 Å². The average molecular weight is 419 g/mol. The van der Waals surface area contributed by atoms with Gasteiger partial charge in [-0.2, -0.15) is 0 Å². The Labute approximate surface area is 175 Å². The summed E-state index contributed by atoms with van der Waals surface area (Å²) in [6, 6.07) is 13.8. The zero-order valence-corrected chi connectivity index (χ0v) is 16.6. The van der Waals surface area contributed by atoms with Gasteiger partial charge in [0.15, 0.2) is 16.8 Å². The third-order valence-electron chi connectivity index (χ3n) is 4.59. The van der Waals surface area contributed by atoms with E-state index in [-0.39, 0.29) is 17.2 Å². The van der Waals surface area contributed by atoms with Crippen LogP contribution in [0.25, 0.3) is 22.3 Å². The van der Waals surface area contributed by atoms with E-state index in [1.54, 1.807) is 24.4 Å². The number of para-hydroxylation sites is 1. The lowest BCUT2D eigenvalue weighted by atomic mass is 10.1. The molecule has 0 fully saturated rings. The first kappa shape index (κ1) is 19.6. The molecule has 0 bridgehead atoms. The van der Waals surface area contributed by atoms with Gasteiger partial charge in [0.05, 0.1) is 10.7 Å². The molecule has 0 aliphatic heterocycles. The number of hydrogen-bond acceptors (Lipinski definition) is 6. The van der Waals surface area contributed by atoms with Crippen LogP contribution in [-0.2, 0) is 6.54 Å². The zero-order chi connectivity index (χ0) is 21.1. The van der Waals surface area contributed by atoms with E-state index >= 15 is 0 Å². The van der Waals surface area contributed by atoms with Crippen LogP contribution >= 0.6 is 11.8 Å². The zero-order valence-electron chi connectivity index (χ0n) is 15.8. The Morgan fingerprint density at radius 3 is 2.70 bits per heavy atom. The van der Waals surface area contributed by atoms with Crippen molar-refractivity contribution in [2.45, 2.75) is 11.7 Å². The lowest BCUT2D eigenvalue weighted by Gasteiger charge is -2.07. The van der Waals surface area contributed by atoms with Crippen molar-refractivity contribution in [3.05, 3.63) is 83.1 Å². The monoisotopic (exact) mass is 419 g/mol. The molecule has 9 heteroatoms. The summed E-state index contributed by atoms with van der Waals surface area (Å²) in [5.41, 5.74) is 2.27. The van der Waals surface area contributed by atoms with Gasteiger partial charge in [-0.25, -0.2) is 0 Å². The molecule has 4 aromatic rings. The number of thioether (sulfide) groups is 1. The quantitative estimate of drug-likeness (QED) is 0.148. The number of Topliss-reactive ketones (excluding diaryl/α,β-unsaturated/α-hetero) is 1. The van der Waals surface area contributed by atoms with Crippen LogP contribution in [0, 0.1) is 10.1 Å². The minimum absolute atomic E-state index is 0.00691. The van der Waals surface area contributed by atoms with Gasteiger partial charge in [-0.05, 0) is 18.2 Å². The van der Waals surface area contributed by atoms with Crippen LogP contribution in [0.4, 0.5) is 5.69 Å². The van der Waals surface area contributed by atoms with Gasteiger partial charge in [-0.3, -0.25) is 19.5 Å². The highest BCUT2D eigenvalue weighted by Gasteiger charge is 2.18. The van der Waals surface area contributed by atoms with Crippen molar-refractivity contribution in [3.8, 4) is 11.4 Å². The molecule has 0 saturated heterocycles. The predicted octanol–water partition coefficient (Wildman–Crippen LogP) is 4.50. The van der Waals surface area contributed by atoms with Crippen molar-refractivity contribution in [1.82, 2.24) is 19.7 Å². The first-order valence-corrected chi connectivity index (χ1v) is 10.1. The molecule has 2 aromatic carbocycles. The molecular formula is C21H17N5O3S. The molecule has 2 aromatic heterocycles. The Kier molecular flexibility index (Phi) is 5.44. The first-order valence-electron chi connectivity index (χ1n) is 9.09. The number of carbonyl (C=O) groups is 1. The Hall–Kier alpha value is -3.72. The second-order valence-corrected chi connectivity index (χ2v) is 7.41. The van der Waals surface area contributed by atoms with Gasteiger partial charge in [-0.15, -0.1) is 16.8 Å². The minimum Gasteiger partial charge on any atom is -0.360 e. The first-order chi connectivity index (χ1) is 14.6. The number of ketones is 1. The normalized spacial score (nSPS) is 10.9. The van der Waals surface area contributed by atoms with E-state index in [0.29, 0.717) is 28.7 Å². The second kappa shape index (κ2) is 8.34. The number of aromatic amines is 1. The number of aromatic nitrogens is 4. The average Bonchev–Trinajstić information content (AvgIpc) is 3.37. The molecule has 0 radical (unpaired) electrons. The van der Waals surface area contributed by atoms with Gasteiger partial charge in [0, 0.05) is 46.9 Å². The maximum absolute atomic E-state index is 12.8. The molecule has 30 heavy (non-hydrogen) atoms. The van der Waals surface area contributed by atoms with Crippen LogP contribution in [0.2, 0.25) is 0 Å². The van der Waals surface area contributed by atoms with E-state index in [9.17, 15) is 14.9 Å². The fourth-order valence-corrected chi connectivity index (χ4v) is 3.98. The molecule has 0 atom stereocenters. The largest absolute Gasteiger partial charge is 0.360 e. The number of nitro groups is 1. The topological polar surface area (TPSA) is 107 Å². The summed E-state index contributed by atoms with van der Waals surface area (Å²) in [6.07, 6.45) is 3.44. The maximum atomic E-state index is 12.8. The molecule has 4 rings (SSSR count). The highest BCUT2D eigenvalue weighted by atomic mass is 32.2. The van der Waals surface area contributed by atoms with Crippen LogP contribution in [0.15, 0.2) is 72.5 Å². The SMILES string of the molecule is C=CCn1c(SCC(=O)c2c[nH]c3ccccc23)nnc1-c1ccc([N+](=O)[O-])cc1. The van der Waals surface area contributed by atoms with Gasteiger partial charge < -0.3 is 4.98 Å². The molecular weight excluding hydrogens is 402 g/mol. The number of carbonyl (C=O) groups excluding carboxylic acids is 1. The summed E-state index contributed by atoms with van der Waals surface area (Å²) >= 11 is 1.30. The summed E-state index contributed by atoms with van der Waals surface area (Å²) in [7, 11) is 0. The highest BCUT2D eigenvalue weighted by molar-refractivity contribution is 7.99. The summed E-state index contributed by atoms with van der Waals surface area (Å²) in [4.78, 5) is 26.3. The van der Waals surface area contributed by atoms with E-state index in [1.807, 2.05) is 28.8 Å². The Morgan fingerprint density at radius 1 is 1.20 bits per heavy atom. The van der Waals surface area contributed by atoms with E-state index < -0.39 is 4.92 Å². The van der Waals surface area contributed by atoms with Crippen LogP contribution in [0.3, 0.4) is 0 Å². The van der Waals surface area contributed by atoms with Crippen molar-refractivity contribution < 1.29 is 9.72 Å². The van der Waals surface area contributed by atoms with E-state index in [1.165, 1.54) is 23.9 Å². The van der Waals surface area contributed by atoms with Gasteiger partial charge in [-0.1, -0.05) is 36.0 Å². The molecule has 0 saturated carbocycles. The van der Waals surface area contributed by atoms with Crippen molar-refractivity contribution >= 4 is 34.1 Å². The fraction of sp³-hybridized carbons (Fsp3) is 0.0952. The Balaban J connectivity index is 1.56. The molecule has 0 aliphatic rings. The Bertz CT molecular complexity index is 1240. The van der Waals surface area contributed by atoms with Crippen LogP contribution < -0.4 is 0 Å². The number of fused-ring (bicyclic) bond motifs is 1. The van der Waals surface area contributed by atoms with E-state index in [4.69, 9.17) is 0 Å². The fourth-order valence-electron chi connectivity index (χ4n) is 3.14. The van der Waals surface area contributed by atoms with Crippen molar-refractivity contribution in [2.24, 2.45) is 0 Å². The molecule has 0 unspecified atom stereocenters. The number of H-pyrrole nitrogens is 1. The molecule has 0 spiro atoms. The summed E-state index contributed by atoms with van der Waals surface area (Å²) in [5.74, 6) is 0.756. The standard InChI is InChI=1S/C21H17N5O3S/c1-2-11-25-20(14-7-9-15(10-8-14)26(28)29)23-24-21(25)30-13-19(27)17-12-22-18-6-4-3-5-16(17)18/h2-10,12,22H,1,11,13H2. The van der Waals surface area contributed by atoms with Crippen LogP contribution in [-0.4, -0.2) is 36.2 Å². The van der Waals surface area contributed by atoms with E-state index in [2.05, 4.69) is 21.8 Å². The summed E-state index contributed by atoms with van der Waals surface area (Å²) < 4.78 is 1.83. The smallest absolute Gasteiger partial charge is 0.269 e. The number of non-ortho nitro benzene ring substituents is 1. The van der Waals surface area contributed by atoms with E-state index in [0.717, 1.165) is 10.9 Å². The van der Waals surface area contributed by atoms with Crippen molar-refractivity contribution in [2.75, 3.05) is 5.75 Å². The minimum atomic E-state index is -0.449. The lowest BCUT2D eigenvalue weighted by Crippen LogP contribution is -2.05. The number of hydrogen-bond donors (Lipinski definition) is 1. The Morgan fingerprint density at radius 2 is 1.97 bits per heavy atom. The maximum Gasteiger partial charge on any atom is 0.269 e. The van der Waals surface area contributed by atoms with Gasteiger partial charge in [0.2, 0.25) is 0 Å². The molecule has 150 valence electrons. The number of nitro benzene ring substituents is 1. The third-order valence-corrected chi connectivity index (χ3v) is 5.55. The second-order valence-electron chi connectivity index (χ2n) is 6.47. The van der Waals surface area contributed by atoms with Crippen LogP contribution in [0.1, 0.15) is 10.4 Å². The number of rotatable bonds is 8. The van der Waals surface area contributed by atoms with Crippen molar-refractivity contribution in [3.63, 3.8) is 0 Å². The number of benzene rings is 2. The molecule has 0 amide bonds. The number of nitrogens with one attached hydrogen (secondary N) is 1. The summed E-state index contributed by atoms with van der Waals surface area (Å²) in [5, 5.41) is 20.8. The molecule has 8 nitrogen and oxygen atoms in total. The van der Waals surface area contributed by atoms with Crippen molar-refractivity contribution in [1.29, 1.82) is 0 Å². The number of nitrogens with zero attached hydrogens (tertiary/aromatic N) is 4. The van der Waals surface area contributed by atoms with Crippen LogP contribution in [0.5, 0.6) is 0 Å². The molecule has 1 N–H and O–H groups in total. The molecule has 0 aliphatic carbocycles.